The molecule has 0 aliphatic heterocycles. The average molecular weight is 298 g/mol. The molecule has 0 radical (unpaired) electrons. The van der Waals surface area contributed by atoms with Crippen LogP contribution < -0.4 is 10.6 Å². The summed E-state index contributed by atoms with van der Waals surface area (Å²) in [4.78, 5) is 24.2. The lowest BCUT2D eigenvalue weighted by atomic mass is 10.1. The van der Waals surface area contributed by atoms with Crippen LogP contribution in [0.25, 0.3) is 0 Å². The van der Waals surface area contributed by atoms with Gasteiger partial charge in [-0.25, -0.2) is 0 Å². The topological polar surface area (TPSA) is 78.4 Å². The number of rotatable bonds is 7. The predicted octanol–water partition coefficient (Wildman–Crippen LogP) is 1.39. The van der Waals surface area contributed by atoms with Gasteiger partial charge < -0.3 is 15.7 Å². The van der Waals surface area contributed by atoms with Gasteiger partial charge in [-0.15, -0.1) is 11.3 Å². The van der Waals surface area contributed by atoms with E-state index in [1.165, 1.54) is 11.3 Å². The summed E-state index contributed by atoms with van der Waals surface area (Å²) in [5.74, 6) is -0.180. The number of aliphatic hydroxyl groups excluding tert-OH is 1. The first-order valence-electron chi connectivity index (χ1n) is 6.70. The third-order valence-corrected chi connectivity index (χ3v) is 3.61. The van der Waals surface area contributed by atoms with Gasteiger partial charge in [0.25, 0.3) is 5.91 Å². The molecule has 2 atom stereocenters. The molecule has 6 heteroatoms. The second-order valence-corrected chi connectivity index (χ2v) is 6.15. The largest absolute Gasteiger partial charge is 0.391 e. The zero-order chi connectivity index (χ0) is 15.1. The van der Waals surface area contributed by atoms with Crippen molar-refractivity contribution < 1.29 is 14.7 Å². The van der Waals surface area contributed by atoms with Crippen LogP contribution in [-0.2, 0) is 4.79 Å². The Balaban J connectivity index is 2.34. The van der Waals surface area contributed by atoms with Gasteiger partial charge in [0.15, 0.2) is 0 Å². The number of amides is 2. The number of carbonyl (C=O) groups excluding carboxylic acids is 2. The molecule has 2 unspecified atom stereocenters. The monoisotopic (exact) mass is 298 g/mol. The van der Waals surface area contributed by atoms with Crippen molar-refractivity contribution in [3.63, 3.8) is 0 Å². The van der Waals surface area contributed by atoms with Crippen LogP contribution in [0, 0.1) is 5.92 Å². The minimum absolute atomic E-state index is 0.205. The van der Waals surface area contributed by atoms with E-state index >= 15 is 0 Å². The molecule has 3 N–H and O–H groups in total. The number of carbonyl (C=O) groups is 2. The normalized spacial score (nSPS) is 13.8. The molecule has 5 nitrogen and oxygen atoms in total. The Morgan fingerprint density at radius 2 is 2.05 bits per heavy atom. The minimum Gasteiger partial charge on any atom is -0.391 e. The van der Waals surface area contributed by atoms with Crippen LogP contribution in [0.15, 0.2) is 17.5 Å². The van der Waals surface area contributed by atoms with E-state index in [9.17, 15) is 14.7 Å². The molecule has 1 aromatic heterocycles. The molecule has 112 valence electrons. The van der Waals surface area contributed by atoms with Crippen LogP contribution in [0.4, 0.5) is 0 Å². The molecular formula is C14H22N2O3S. The summed E-state index contributed by atoms with van der Waals surface area (Å²) in [6.07, 6.45) is 0.0788. The summed E-state index contributed by atoms with van der Waals surface area (Å²) >= 11 is 1.33. The molecule has 2 amide bonds. The van der Waals surface area contributed by atoms with Crippen molar-refractivity contribution in [2.75, 3.05) is 6.54 Å². The standard InChI is InChI=1S/C14H22N2O3S/c1-9(2)7-11(17)8-15-13(18)10(3)16-14(19)12-5-4-6-20-12/h4-6,9-11,17H,7-8H2,1-3H3,(H,15,18)(H,16,19). The van der Waals surface area contributed by atoms with Gasteiger partial charge in [-0.05, 0) is 30.7 Å². The lowest BCUT2D eigenvalue weighted by molar-refractivity contribution is -0.123. The van der Waals surface area contributed by atoms with E-state index < -0.39 is 12.1 Å². The summed E-state index contributed by atoms with van der Waals surface area (Å²) in [5.41, 5.74) is 0. The summed E-state index contributed by atoms with van der Waals surface area (Å²) in [6, 6.07) is 2.86. The van der Waals surface area contributed by atoms with Gasteiger partial charge in [-0.3, -0.25) is 9.59 Å². The molecule has 0 saturated heterocycles. The van der Waals surface area contributed by atoms with Crippen LogP contribution in [-0.4, -0.2) is 35.6 Å². The fraction of sp³-hybridized carbons (Fsp3) is 0.571. The number of thiophene rings is 1. The van der Waals surface area contributed by atoms with E-state index in [2.05, 4.69) is 10.6 Å². The Morgan fingerprint density at radius 3 is 2.60 bits per heavy atom. The smallest absolute Gasteiger partial charge is 0.261 e. The highest BCUT2D eigenvalue weighted by Crippen LogP contribution is 2.08. The predicted molar refractivity (Wildman–Crippen MR) is 79.7 cm³/mol. The third-order valence-electron chi connectivity index (χ3n) is 2.74. The van der Waals surface area contributed by atoms with Crippen LogP contribution in [0.5, 0.6) is 0 Å². The summed E-state index contributed by atoms with van der Waals surface area (Å²) in [6.45, 7) is 5.84. The number of aliphatic hydroxyl groups is 1. The van der Waals surface area contributed by atoms with Gasteiger partial charge in [0.1, 0.15) is 6.04 Å². The molecule has 0 saturated carbocycles. The van der Waals surface area contributed by atoms with E-state index in [0.717, 1.165) is 0 Å². The number of hydrogen-bond acceptors (Lipinski definition) is 4. The van der Waals surface area contributed by atoms with Crippen LogP contribution in [0.2, 0.25) is 0 Å². The van der Waals surface area contributed by atoms with E-state index in [4.69, 9.17) is 0 Å². The highest BCUT2D eigenvalue weighted by molar-refractivity contribution is 7.12. The van der Waals surface area contributed by atoms with E-state index in [1.54, 1.807) is 19.1 Å². The summed E-state index contributed by atoms with van der Waals surface area (Å²) < 4.78 is 0. The van der Waals surface area contributed by atoms with Crippen molar-refractivity contribution >= 4 is 23.2 Å². The van der Waals surface area contributed by atoms with Crippen LogP contribution >= 0.6 is 11.3 Å². The molecule has 1 rings (SSSR count). The fourth-order valence-corrected chi connectivity index (χ4v) is 2.37. The highest BCUT2D eigenvalue weighted by atomic mass is 32.1. The van der Waals surface area contributed by atoms with Crippen molar-refractivity contribution in [2.24, 2.45) is 5.92 Å². The number of nitrogens with one attached hydrogen (secondary N) is 2. The van der Waals surface area contributed by atoms with E-state index in [0.29, 0.717) is 17.2 Å². The average Bonchev–Trinajstić information content (AvgIpc) is 2.88. The maximum atomic E-state index is 11.8. The lowest BCUT2D eigenvalue weighted by Crippen LogP contribution is -2.46. The molecule has 0 fully saturated rings. The molecule has 1 aromatic rings. The first kappa shape index (κ1) is 16.7. The maximum absolute atomic E-state index is 11.8. The van der Waals surface area contributed by atoms with Gasteiger partial charge >= 0.3 is 0 Å². The zero-order valence-corrected chi connectivity index (χ0v) is 12.9. The second-order valence-electron chi connectivity index (χ2n) is 5.20. The van der Waals surface area contributed by atoms with Crippen LogP contribution in [0.3, 0.4) is 0 Å². The van der Waals surface area contributed by atoms with Gasteiger partial charge in [0.2, 0.25) is 5.91 Å². The van der Waals surface area contributed by atoms with Crippen molar-refractivity contribution in [1.82, 2.24) is 10.6 Å². The lowest BCUT2D eigenvalue weighted by Gasteiger charge is -2.17. The zero-order valence-electron chi connectivity index (χ0n) is 12.1. The van der Waals surface area contributed by atoms with E-state index in [1.807, 2.05) is 19.2 Å². The van der Waals surface area contributed by atoms with Gasteiger partial charge in [0.05, 0.1) is 11.0 Å². The van der Waals surface area contributed by atoms with Crippen LogP contribution in [0.1, 0.15) is 36.9 Å². The SMILES string of the molecule is CC(C)CC(O)CNC(=O)C(C)NC(=O)c1cccs1. The van der Waals surface area contributed by atoms with Crippen molar-refractivity contribution in [3.05, 3.63) is 22.4 Å². The molecule has 20 heavy (non-hydrogen) atoms. The molecule has 0 aliphatic rings. The molecular weight excluding hydrogens is 276 g/mol. The Morgan fingerprint density at radius 1 is 1.35 bits per heavy atom. The molecule has 1 heterocycles. The third kappa shape index (κ3) is 5.71. The molecule has 0 aliphatic carbocycles. The van der Waals surface area contributed by atoms with Gasteiger partial charge in [-0.2, -0.15) is 0 Å². The van der Waals surface area contributed by atoms with Crippen molar-refractivity contribution in [3.8, 4) is 0 Å². The fourth-order valence-electron chi connectivity index (χ4n) is 1.74. The minimum atomic E-state index is -0.629. The summed E-state index contributed by atoms with van der Waals surface area (Å²) in [7, 11) is 0. The first-order valence-corrected chi connectivity index (χ1v) is 7.58. The first-order chi connectivity index (χ1) is 9.40. The Bertz CT molecular complexity index is 432. The molecule has 0 aromatic carbocycles. The maximum Gasteiger partial charge on any atom is 0.261 e. The van der Waals surface area contributed by atoms with Gasteiger partial charge in [-0.1, -0.05) is 19.9 Å². The van der Waals surface area contributed by atoms with E-state index in [-0.39, 0.29) is 18.4 Å². The van der Waals surface area contributed by atoms with Crippen molar-refractivity contribution in [2.45, 2.75) is 39.3 Å². The quantitative estimate of drug-likeness (QED) is 0.712. The van der Waals surface area contributed by atoms with Gasteiger partial charge in [0, 0.05) is 6.54 Å². The molecule has 0 bridgehead atoms. The Kier molecular flexibility index (Phi) is 6.67. The Hall–Kier alpha value is -1.40. The summed E-state index contributed by atoms with van der Waals surface area (Å²) in [5, 5.41) is 16.8. The molecule has 0 spiro atoms. The second kappa shape index (κ2) is 8.01. The van der Waals surface area contributed by atoms with Crippen molar-refractivity contribution in [1.29, 1.82) is 0 Å². The Labute approximate surface area is 123 Å². The number of hydrogen-bond donors (Lipinski definition) is 3. The highest BCUT2D eigenvalue weighted by Gasteiger charge is 2.18.